The van der Waals surface area contributed by atoms with Crippen LogP contribution in [0.15, 0.2) is 66.2 Å². The predicted molar refractivity (Wildman–Crippen MR) is 105 cm³/mol. The van der Waals surface area contributed by atoms with Crippen molar-refractivity contribution in [2.45, 2.75) is 10.4 Å². The second kappa shape index (κ2) is 7.85. The van der Waals surface area contributed by atoms with E-state index in [1.54, 1.807) is 0 Å². The lowest BCUT2D eigenvalue weighted by atomic mass is 10.3. The van der Waals surface area contributed by atoms with Crippen molar-refractivity contribution >= 4 is 25.8 Å². The van der Waals surface area contributed by atoms with Crippen LogP contribution in [0.4, 0.5) is 13.2 Å². The van der Waals surface area contributed by atoms with Gasteiger partial charge in [-0.2, -0.15) is 13.2 Å². The Kier molecular flexibility index (Phi) is 5.71. The van der Waals surface area contributed by atoms with Gasteiger partial charge in [-0.1, -0.05) is 0 Å². The lowest BCUT2D eigenvalue weighted by Crippen LogP contribution is -2.47. The van der Waals surface area contributed by atoms with E-state index in [0.29, 0.717) is 9.13 Å². The van der Waals surface area contributed by atoms with Gasteiger partial charge in [0.25, 0.3) is 9.84 Å². The monoisotopic (exact) mass is 521 g/mol. The van der Waals surface area contributed by atoms with Crippen molar-refractivity contribution in [2.75, 3.05) is 0 Å². The number of ether oxygens (including phenoxy) is 1. The van der Waals surface area contributed by atoms with E-state index in [-0.39, 0.29) is 21.7 Å². The molecule has 0 atom stereocenters. The zero-order chi connectivity index (χ0) is 23.1. The van der Waals surface area contributed by atoms with Gasteiger partial charge in [0.05, 0.1) is 15.1 Å². The Bertz CT molecular complexity index is 1440. The minimum atomic E-state index is -5.48. The Hall–Kier alpha value is -3.13. The molecule has 0 aliphatic heterocycles. The van der Waals surface area contributed by atoms with Crippen molar-refractivity contribution in [3.05, 3.63) is 78.4 Å². The van der Waals surface area contributed by atoms with Crippen LogP contribution in [-0.4, -0.2) is 28.0 Å². The quantitative estimate of drug-likeness (QED) is 0.561. The van der Waals surface area contributed by atoms with Crippen LogP contribution in [-0.2, 0) is 16.9 Å². The SMILES string of the molecule is Cn1c(=O)[nH]c(=O)n(-c2ccc(Oc3ccc(S(=O)(=O)C(F)(F)F)cc3)c(Br)c2)c1=O. The van der Waals surface area contributed by atoms with Gasteiger partial charge in [0.2, 0.25) is 0 Å². The molecule has 0 aliphatic carbocycles. The van der Waals surface area contributed by atoms with E-state index in [4.69, 9.17) is 4.74 Å². The first-order valence-electron chi connectivity index (χ1n) is 8.14. The number of aromatic amines is 1. The minimum absolute atomic E-state index is 0.0340. The highest BCUT2D eigenvalue weighted by molar-refractivity contribution is 9.10. The number of hydrogen-bond acceptors (Lipinski definition) is 6. The summed E-state index contributed by atoms with van der Waals surface area (Å²) in [7, 11) is -4.29. The Morgan fingerprint density at radius 2 is 1.61 bits per heavy atom. The van der Waals surface area contributed by atoms with Crippen molar-refractivity contribution in [3.8, 4) is 17.2 Å². The first-order valence-corrected chi connectivity index (χ1v) is 10.4. The molecule has 164 valence electrons. The van der Waals surface area contributed by atoms with Gasteiger partial charge in [-0.25, -0.2) is 31.9 Å². The number of alkyl halides is 3. The van der Waals surface area contributed by atoms with Crippen molar-refractivity contribution in [1.82, 2.24) is 14.1 Å². The van der Waals surface area contributed by atoms with Crippen LogP contribution in [0, 0.1) is 0 Å². The van der Waals surface area contributed by atoms with Gasteiger partial charge in [-0.05, 0) is 58.4 Å². The fraction of sp³-hybridized carbons (Fsp3) is 0.118. The van der Waals surface area contributed by atoms with E-state index in [0.717, 1.165) is 24.3 Å². The summed E-state index contributed by atoms with van der Waals surface area (Å²) in [5, 5.41) is 0. The lowest BCUT2D eigenvalue weighted by Gasteiger charge is -2.12. The molecule has 0 unspecified atom stereocenters. The van der Waals surface area contributed by atoms with E-state index in [9.17, 15) is 36.0 Å². The van der Waals surface area contributed by atoms with Gasteiger partial charge in [-0.3, -0.25) is 4.98 Å². The molecule has 0 spiro atoms. The normalized spacial score (nSPS) is 12.0. The largest absolute Gasteiger partial charge is 0.501 e. The molecule has 0 saturated carbocycles. The second-order valence-corrected chi connectivity index (χ2v) is 8.85. The van der Waals surface area contributed by atoms with Crippen LogP contribution in [0.1, 0.15) is 0 Å². The molecule has 0 bridgehead atoms. The van der Waals surface area contributed by atoms with Crippen molar-refractivity contribution in [3.63, 3.8) is 0 Å². The standard InChI is InChI=1S/C17H11BrF3N3O6S/c1-23-14(25)22-15(26)24(16(23)27)9-2-7-13(12(18)8-9)30-10-3-5-11(6-4-10)31(28,29)17(19,20)21/h2-8H,1H3,(H,22,25,26). The van der Waals surface area contributed by atoms with Gasteiger partial charge in [0, 0.05) is 7.05 Å². The van der Waals surface area contributed by atoms with Gasteiger partial charge in [0.15, 0.2) is 0 Å². The highest BCUT2D eigenvalue weighted by atomic mass is 79.9. The second-order valence-electron chi connectivity index (χ2n) is 6.05. The van der Waals surface area contributed by atoms with E-state index in [2.05, 4.69) is 15.9 Å². The van der Waals surface area contributed by atoms with E-state index in [1.165, 1.54) is 25.2 Å². The Morgan fingerprint density at radius 1 is 1.00 bits per heavy atom. The molecule has 0 amide bonds. The summed E-state index contributed by atoms with van der Waals surface area (Å²) in [4.78, 5) is 36.7. The van der Waals surface area contributed by atoms with E-state index >= 15 is 0 Å². The average molecular weight is 522 g/mol. The molecular formula is C17H11BrF3N3O6S. The molecule has 0 fully saturated rings. The van der Waals surface area contributed by atoms with Crippen LogP contribution in [0.25, 0.3) is 5.69 Å². The summed E-state index contributed by atoms with van der Waals surface area (Å²) in [6, 6.07) is 7.63. The average Bonchev–Trinajstić information content (AvgIpc) is 2.68. The molecule has 3 rings (SSSR count). The van der Waals surface area contributed by atoms with Gasteiger partial charge in [0.1, 0.15) is 11.5 Å². The van der Waals surface area contributed by atoms with Crippen LogP contribution in [0.3, 0.4) is 0 Å². The lowest BCUT2D eigenvalue weighted by molar-refractivity contribution is -0.0436. The maximum atomic E-state index is 12.6. The summed E-state index contributed by atoms with van der Waals surface area (Å²) in [5.41, 5.74) is -8.02. The highest BCUT2D eigenvalue weighted by Crippen LogP contribution is 2.34. The van der Waals surface area contributed by atoms with Gasteiger partial charge >= 0.3 is 22.6 Å². The molecule has 0 radical (unpaired) electrons. The molecule has 14 heteroatoms. The summed E-state index contributed by atoms with van der Waals surface area (Å²) < 4.78 is 67.8. The number of aromatic nitrogens is 3. The predicted octanol–water partition coefficient (Wildman–Crippen LogP) is 2.07. The van der Waals surface area contributed by atoms with Crippen molar-refractivity contribution in [1.29, 1.82) is 0 Å². The fourth-order valence-corrected chi connectivity index (χ4v) is 3.65. The fourth-order valence-electron chi connectivity index (χ4n) is 2.44. The molecule has 31 heavy (non-hydrogen) atoms. The van der Waals surface area contributed by atoms with E-state index < -0.39 is 37.3 Å². The van der Waals surface area contributed by atoms with Gasteiger partial charge < -0.3 is 4.74 Å². The Balaban J connectivity index is 1.92. The zero-order valence-electron chi connectivity index (χ0n) is 15.3. The summed E-state index contributed by atoms with van der Waals surface area (Å²) in [5.74, 6) is 0.191. The first kappa shape index (κ1) is 22.6. The molecule has 1 N–H and O–H groups in total. The molecule has 2 aromatic carbocycles. The third kappa shape index (κ3) is 4.20. The molecule has 0 saturated heterocycles. The summed E-state index contributed by atoms with van der Waals surface area (Å²) >= 11 is 3.19. The minimum Gasteiger partial charge on any atom is -0.456 e. The Morgan fingerprint density at radius 3 is 2.16 bits per heavy atom. The summed E-state index contributed by atoms with van der Waals surface area (Å²) in [6.45, 7) is 0. The number of hydrogen-bond donors (Lipinski definition) is 1. The highest BCUT2D eigenvalue weighted by Gasteiger charge is 2.46. The van der Waals surface area contributed by atoms with Gasteiger partial charge in [-0.15, -0.1) is 0 Å². The molecule has 3 aromatic rings. The summed E-state index contributed by atoms with van der Waals surface area (Å²) in [6.07, 6.45) is 0. The number of rotatable bonds is 4. The first-order chi connectivity index (χ1) is 14.3. The molecule has 9 nitrogen and oxygen atoms in total. The van der Waals surface area contributed by atoms with Crippen LogP contribution in [0.5, 0.6) is 11.5 Å². The van der Waals surface area contributed by atoms with Crippen LogP contribution < -0.4 is 21.8 Å². The number of halogens is 4. The van der Waals surface area contributed by atoms with E-state index in [1.807, 2.05) is 4.98 Å². The number of benzene rings is 2. The van der Waals surface area contributed by atoms with Crippen LogP contribution in [0.2, 0.25) is 0 Å². The molecule has 1 heterocycles. The maximum Gasteiger partial charge on any atom is 0.501 e. The maximum absolute atomic E-state index is 12.6. The molecule has 0 aliphatic rings. The third-order valence-electron chi connectivity index (χ3n) is 4.04. The number of H-pyrrole nitrogens is 1. The van der Waals surface area contributed by atoms with Crippen molar-refractivity contribution in [2.24, 2.45) is 7.05 Å². The third-order valence-corrected chi connectivity index (χ3v) is 6.16. The molecular weight excluding hydrogens is 511 g/mol. The number of sulfone groups is 1. The number of nitrogens with one attached hydrogen (secondary N) is 1. The number of nitrogens with zero attached hydrogens (tertiary/aromatic N) is 2. The topological polar surface area (TPSA) is 120 Å². The van der Waals surface area contributed by atoms with Crippen LogP contribution >= 0.6 is 15.9 Å². The van der Waals surface area contributed by atoms with Crippen molar-refractivity contribution < 1.29 is 26.3 Å². The zero-order valence-corrected chi connectivity index (χ0v) is 17.7. The Labute approximate surface area is 179 Å². The molecule has 1 aromatic heterocycles. The smallest absolute Gasteiger partial charge is 0.456 e.